The van der Waals surface area contributed by atoms with Gasteiger partial charge in [-0.05, 0) is 91.6 Å². The van der Waals surface area contributed by atoms with Gasteiger partial charge in [-0.1, -0.05) is 60.7 Å². The minimum atomic E-state index is -5.22. The summed E-state index contributed by atoms with van der Waals surface area (Å²) in [6, 6.07) is 24.6. The number of rotatable bonds is 10. The van der Waals surface area contributed by atoms with Crippen LogP contribution in [-0.4, -0.2) is 50.7 Å². The number of carbonyl (C=O) groups is 2. The van der Waals surface area contributed by atoms with Crippen molar-refractivity contribution in [2.45, 2.75) is 19.6 Å². The van der Waals surface area contributed by atoms with E-state index < -0.39 is 56.9 Å². The van der Waals surface area contributed by atoms with Crippen LogP contribution >= 0.6 is 12.0 Å². The van der Waals surface area contributed by atoms with Crippen LogP contribution in [0.25, 0.3) is 43.1 Å². The quantitative estimate of drug-likeness (QED) is 0.0322. The van der Waals surface area contributed by atoms with E-state index in [2.05, 4.69) is 20.0 Å². The molecule has 0 atom stereocenters. The van der Waals surface area contributed by atoms with Gasteiger partial charge in [0, 0.05) is 16.3 Å². The van der Waals surface area contributed by atoms with Crippen molar-refractivity contribution in [3.63, 3.8) is 0 Å². The molecule has 286 valence electrons. The maximum absolute atomic E-state index is 14.1. The maximum Gasteiger partial charge on any atom is 1.00 e. The molecule has 0 radical (unpaired) electrons. The molecule has 0 saturated carbocycles. The van der Waals surface area contributed by atoms with Gasteiger partial charge in [-0.15, -0.1) is 0 Å². The maximum atomic E-state index is 14.1. The fourth-order valence-electron chi connectivity index (χ4n) is 6.44. The van der Waals surface area contributed by atoms with Gasteiger partial charge in [0.05, 0.1) is 37.9 Å². The second-order valence-electron chi connectivity index (χ2n) is 12.0. The molecule has 7 aromatic carbocycles. The number of fused-ring (bicyclic) bond motifs is 4. The van der Waals surface area contributed by atoms with E-state index in [1.165, 1.54) is 42.5 Å². The SMILES string of the molecule is O=C(Nc1ccc2c(S(=O)(=O)[O-])cc(SOO[O-])cc2c1)c1c2ccccc2c(C(=O)Nc2ccc3c(S(=O)(=O)[O-])cc(S(=O)(=O)[O-])cc3c2)c2ccccc12.[Na+].[Na+].[Na+].[Na+]. The number of hydrogen-bond donors (Lipinski definition) is 2. The third kappa shape index (κ3) is 11.2. The van der Waals surface area contributed by atoms with Crippen LogP contribution in [0.3, 0.4) is 0 Å². The first-order valence-corrected chi connectivity index (χ1v) is 20.6. The summed E-state index contributed by atoms with van der Waals surface area (Å²) in [5.74, 6) is -1.32. The fourth-order valence-corrected chi connectivity index (χ4v) is 9.02. The second-order valence-corrected chi connectivity index (χ2v) is 16.9. The molecular formula is C36H20N2Na4O14S4. The standard InChI is InChI=1S/C36H24N2O14S4.4Na/c39-35(37-21-9-11-25-19(13-21)15-23(53-52-51-41)17-31(25)55(45,46)47)33-27-5-1-3-7-29(27)34(30-8-4-2-6-28(30)33)36(40)38-22-10-12-26-20(14-22)16-24(54(42,43)44)18-32(26)56(48,49)50;;;;/h1-18,41H,(H,37,39)(H,38,40)(H,42,43,44)(H,45,46,47)(H,48,49,50);;;;/q;4*+1/p-4. The summed E-state index contributed by atoms with van der Waals surface area (Å²) in [6.07, 6.45) is 0. The number of carbonyl (C=O) groups excluding carboxylic acids is 2. The Morgan fingerprint density at radius 2 is 0.900 bits per heavy atom. The molecule has 0 aromatic heterocycles. The molecule has 0 aliphatic carbocycles. The number of hydrogen-bond acceptors (Lipinski definition) is 15. The monoisotopic (exact) mass is 924 g/mol. The van der Waals surface area contributed by atoms with Gasteiger partial charge >= 0.3 is 118 Å². The molecule has 0 heterocycles. The number of benzene rings is 7. The van der Waals surface area contributed by atoms with E-state index >= 15 is 0 Å². The average molecular weight is 925 g/mol. The van der Waals surface area contributed by atoms with Crippen molar-refractivity contribution < 1.29 is 181 Å². The van der Waals surface area contributed by atoms with Gasteiger partial charge in [-0.25, -0.2) is 25.3 Å². The zero-order valence-corrected chi connectivity index (χ0v) is 43.0. The van der Waals surface area contributed by atoms with Crippen LogP contribution in [-0.2, 0) is 39.7 Å². The summed E-state index contributed by atoms with van der Waals surface area (Å²) < 4.78 is 112. The van der Waals surface area contributed by atoms with Crippen LogP contribution in [0.15, 0.2) is 129 Å². The third-order valence-electron chi connectivity index (χ3n) is 8.66. The summed E-state index contributed by atoms with van der Waals surface area (Å²) in [5.41, 5.74) is 0.513. The zero-order chi connectivity index (χ0) is 40.2. The van der Waals surface area contributed by atoms with Gasteiger partial charge in [-0.2, -0.15) is 4.33 Å². The Balaban J connectivity index is 0.00000240. The Morgan fingerprint density at radius 3 is 1.28 bits per heavy atom. The molecule has 0 aliphatic rings. The Morgan fingerprint density at radius 1 is 0.500 bits per heavy atom. The molecule has 0 unspecified atom stereocenters. The molecular weight excluding hydrogens is 905 g/mol. The predicted molar refractivity (Wildman–Crippen MR) is 197 cm³/mol. The van der Waals surface area contributed by atoms with Gasteiger partial charge in [-0.3, -0.25) is 14.6 Å². The molecule has 60 heavy (non-hydrogen) atoms. The molecule has 2 N–H and O–H groups in total. The Bertz CT molecular complexity index is 3120. The topological polar surface area (TPSA) is 271 Å². The second kappa shape index (κ2) is 21.0. The van der Waals surface area contributed by atoms with Crippen LogP contribution < -0.4 is 134 Å². The molecule has 0 bridgehead atoms. The number of amides is 2. The molecule has 24 heteroatoms. The average Bonchev–Trinajstić information content (AvgIpc) is 3.13. The van der Waals surface area contributed by atoms with Crippen LogP contribution in [0.2, 0.25) is 0 Å². The van der Waals surface area contributed by atoms with Crippen molar-refractivity contribution in [3.8, 4) is 0 Å². The van der Waals surface area contributed by atoms with E-state index in [0.29, 0.717) is 39.7 Å². The van der Waals surface area contributed by atoms with Crippen molar-refractivity contribution in [1.29, 1.82) is 0 Å². The van der Waals surface area contributed by atoms with Crippen LogP contribution in [0.4, 0.5) is 11.4 Å². The molecule has 0 fully saturated rings. The van der Waals surface area contributed by atoms with E-state index in [0.717, 1.165) is 12.1 Å². The van der Waals surface area contributed by atoms with E-state index in [-0.39, 0.29) is 167 Å². The number of nitrogens with one attached hydrogen (secondary N) is 2. The van der Waals surface area contributed by atoms with Gasteiger partial charge in [0.1, 0.15) is 30.4 Å². The summed E-state index contributed by atoms with van der Waals surface area (Å²) in [5, 5.41) is 20.4. The predicted octanol–water partition coefficient (Wildman–Crippen LogP) is -7.24. The first-order chi connectivity index (χ1) is 26.4. The van der Waals surface area contributed by atoms with Gasteiger partial charge in [0.15, 0.2) is 0 Å². The Hall–Kier alpha value is -1.52. The molecule has 16 nitrogen and oxygen atoms in total. The Kier molecular flexibility index (Phi) is 18.5. The summed E-state index contributed by atoms with van der Waals surface area (Å²) in [4.78, 5) is 25.8. The first kappa shape index (κ1) is 52.8. The minimum absolute atomic E-state index is 0. The Labute approximate surface area is 434 Å². The third-order valence-corrected chi connectivity index (χ3v) is 11.8. The van der Waals surface area contributed by atoms with Crippen molar-refractivity contribution in [2.75, 3.05) is 10.6 Å². The van der Waals surface area contributed by atoms with E-state index in [1.807, 2.05) is 0 Å². The molecule has 7 aromatic rings. The molecule has 0 spiro atoms. The van der Waals surface area contributed by atoms with Gasteiger partial charge in [0.25, 0.3) is 11.8 Å². The summed E-state index contributed by atoms with van der Waals surface area (Å²) in [7, 11) is -15.4. The zero-order valence-electron chi connectivity index (χ0n) is 31.7. The van der Waals surface area contributed by atoms with E-state index in [1.54, 1.807) is 48.5 Å². The largest absolute Gasteiger partial charge is 1.00 e. The molecule has 0 saturated heterocycles. The van der Waals surface area contributed by atoms with Crippen molar-refractivity contribution in [1.82, 2.24) is 0 Å². The molecule has 7 rings (SSSR count). The van der Waals surface area contributed by atoms with Crippen molar-refractivity contribution in [2.24, 2.45) is 0 Å². The summed E-state index contributed by atoms with van der Waals surface area (Å²) in [6.45, 7) is 0. The normalized spacial score (nSPS) is 11.5. The van der Waals surface area contributed by atoms with Crippen LogP contribution in [0.1, 0.15) is 20.7 Å². The molecule has 2 amide bonds. The van der Waals surface area contributed by atoms with Crippen molar-refractivity contribution in [3.05, 3.63) is 120 Å². The van der Waals surface area contributed by atoms with Crippen LogP contribution in [0.5, 0.6) is 0 Å². The minimum Gasteiger partial charge on any atom is -0.744 e. The first-order valence-electron chi connectivity index (χ1n) is 15.7. The van der Waals surface area contributed by atoms with E-state index in [4.69, 9.17) is 0 Å². The van der Waals surface area contributed by atoms with Gasteiger partial charge < -0.3 is 29.5 Å². The van der Waals surface area contributed by atoms with Gasteiger partial charge in [0.2, 0.25) is 0 Å². The van der Waals surface area contributed by atoms with E-state index in [9.17, 15) is 53.8 Å². The summed E-state index contributed by atoms with van der Waals surface area (Å²) >= 11 is 0.367. The van der Waals surface area contributed by atoms with Crippen LogP contribution in [0, 0.1) is 0 Å². The smallest absolute Gasteiger partial charge is 0.744 e. The number of anilines is 2. The molecule has 0 aliphatic heterocycles. The fraction of sp³-hybridized carbons (Fsp3) is 0. The van der Waals surface area contributed by atoms with Crippen molar-refractivity contribution >= 4 is 109 Å².